The molecule has 0 aromatic carbocycles. The highest BCUT2D eigenvalue weighted by Gasteiger charge is 2.52. The molecule has 6 atom stereocenters. The molecule has 1 aliphatic heterocycles. The van der Waals surface area contributed by atoms with Crippen molar-refractivity contribution < 1.29 is 24.0 Å². The van der Waals surface area contributed by atoms with Crippen LogP contribution in [0.4, 0.5) is 0 Å². The largest absolute Gasteiger partial charge is 0.350 e. The SMILES string of the molecule is C=C(C(=O)NC(C)C)C(CCC)NC(=O)C1C2CCCC2CN1C(=O)C(NC(=O)C(C)NC(=O)c1cnccn1)C(C)(C)C. The van der Waals surface area contributed by atoms with E-state index in [1.165, 1.54) is 25.5 Å². The fraction of sp³-hybridized carbons (Fsp3) is 0.656. The van der Waals surface area contributed by atoms with Crippen LogP contribution in [0.1, 0.15) is 91.1 Å². The van der Waals surface area contributed by atoms with Crippen LogP contribution in [0, 0.1) is 17.3 Å². The molecule has 44 heavy (non-hydrogen) atoms. The molecule has 1 aliphatic carbocycles. The highest BCUT2D eigenvalue weighted by Crippen LogP contribution is 2.43. The number of likely N-dealkylation sites (tertiary alicyclic amines) is 1. The molecule has 2 aliphatic rings. The number of nitrogens with one attached hydrogen (secondary N) is 4. The van der Waals surface area contributed by atoms with Gasteiger partial charge in [-0.3, -0.25) is 29.0 Å². The molecule has 6 unspecified atom stereocenters. The monoisotopic (exact) mass is 611 g/mol. The second kappa shape index (κ2) is 14.8. The second-order valence-electron chi connectivity index (χ2n) is 13.4. The zero-order chi connectivity index (χ0) is 32.8. The van der Waals surface area contributed by atoms with Gasteiger partial charge < -0.3 is 26.2 Å². The van der Waals surface area contributed by atoms with Crippen LogP contribution < -0.4 is 21.3 Å². The molecule has 12 heteroatoms. The number of rotatable bonds is 12. The van der Waals surface area contributed by atoms with E-state index in [0.29, 0.717) is 13.0 Å². The first-order chi connectivity index (χ1) is 20.6. The van der Waals surface area contributed by atoms with Crippen LogP contribution in [0.5, 0.6) is 0 Å². The highest BCUT2D eigenvalue weighted by atomic mass is 16.2. The van der Waals surface area contributed by atoms with Crippen LogP contribution >= 0.6 is 0 Å². The van der Waals surface area contributed by atoms with Gasteiger partial charge in [0.15, 0.2) is 0 Å². The predicted octanol–water partition coefficient (Wildman–Crippen LogP) is 2.12. The number of fused-ring (bicyclic) bond motifs is 1. The summed E-state index contributed by atoms with van der Waals surface area (Å²) in [6, 6.07) is -3.30. The fourth-order valence-corrected chi connectivity index (χ4v) is 6.09. The summed E-state index contributed by atoms with van der Waals surface area (Å²) in [5, 5.41) is 11.3. The number of hydrogen-bond donors (Lipinski definition) is 4. The van der Waals surface area contributed by atoms with Gasteiger partial charge in [0.05, 0.1) is 12.2 Å². The Balaban J connectivity index is 1.80. The summed E-state index contributed by atoms with van der Waals surface area (Å²) in [6.45, 7) is 17.2. The third kappa shape index (κ3) is 8.41. The van der Waals surface area contributed by atoms with E-state index in [-0.39, 0.29) is 46.9 Å². The van der Waals surface area contributed by atoms with Gasteiger partial charge in [0.2, 0.25) is 23.6 Å². The summed E-state index contributed by atoms with van der Waals surface area (Å²) < 4.78 is 0. The topological polar surface area (TPSA) is 162 Å². The molecule has 2 fully saturated rings. The number of carbonyl (C=O) groups is 5. The van der Waals surface area contributed by atoms with Gasteiger partial charge in [-0.05, 0) is 57.3 Å². The number of carbonyl (C=O) groups excluding carboxylic acids is 5. The maximum Gasteiger partial charge on any atom is 0.272 e. The first-order valence-electron chi connectivity index (χ1n) is 15.6. The Kier molecular flexibility index (Phi) is 11.6. The lowest BCUT2D eigenvalue weighted by molar-refractivity contribution is -0.145. The van der Waals surface area contributed by atoms with Crippen LogP contribution in [0.25, 0.3) is 0 Å². The normalized spacial score (nSPS) is 21.5. The average molecular weight is 612 g/mol. The van der Waals surface area contributed by atoms with Crippen LogP contribution in [0.15, 0.2) is 30.7 Å². The number of amides is 5. The van der Waals surface area contributed by atoms with Crippen molar-refractivity contribution in [3.05, 3.63) is 36.4 Å². The summed E-state index contributed by atoms with van der Waals surface area (Å²) >= 11 is 0. The third-order valence-electron chi connectivity index (χ3n) is 8.40. The molecule has 1 saturated heterocycles. The number of aromatic nitrogens is 2. The lowest BCUT2D eigenvalue weighted by Gasteiger charge is -2.37. The Bertz CT molecular complexity index is 1230. The molecule has 12 nitrogen and oxygen atoms in total. The van der Waals surface area contributed by atoms with Crippen LogP contribution in [0.3, 0.4) is 0 Å². The zero-order valence-electron chi connectivity index (χ0n) is 27.1. The molecule has 4 N–H and O–H groups in total. The van der Waals surface area contributed by atoms with Gasteiger partial charge in [-0.1, -0.05) is 47.1 Å². The number of hydrogen-bond acceptors (Lipinski definition) is 7. The maximum absolute atomic E-state index is 14.3. The highest BCUT2D eigenvalue weighted by molar-refractivity contribution is 5.98. The van der Waals surface area contributed by atoms with Crippen molar-refractivity contribution in [2.45, 2.75) is 111 Å². The minimum atomic E-state index is -0.961. The van der Waals surface area contributed by atoms with Crippen LogP contribution in [-0.2, 0) is 19.2 Å². The minimum Gasteiger partial charge on any atom is -0.350 e. The van der Waals surface area contributed by atoms with Crippen molar-refractivity contribution in [3.63, 3.8) is 0 Å². The Labute approximate surface area is 260 Å². The van der Waals surface area contributed by atoms with Crippen molar-refractivity contribution in [2.24, 2.45) is 17.3 Å². The van der Waals surface area contributed by atoms with Gasteiger partial charge in [0.25, 0.3) is 5.91 Å². The molecule has 0 bridgehead atoms. The van der Waals surface area contributed by atoms with E-state index < -0.39 is 41.4 Å². The van der Waals surface area contributed by atoms with E-state index in [2.05, 4.69) is 37.8 Å². The summed E-state index contributed by atoms with van der Waals surface area (Å²) in [6.07, 6.45) is 8.09. The van der Waals surface area contributed by atoms with E-state index in [1.807, 2.05) is 41.5 Å². The molecule has 2 heterocycles. The molecule has 1 aromatic rings. The second-order valence-corrected chi connectivity index (χ2v) is 13.4. The van der Waals surface area contributed by atoms with E-state index in [4.69, 9.17) is 0 Å². The molecule has 0 spiro atoms. The number of nitrogens with zero attached hydrogens (tertiary/aromatic N) is 3. The molecule has 1 aromatic heterocycles. The fourth-order valence-electron chi connectivity index (χ4n) is 6.09. The van der Waals surface area contributed by atoms with Gasteiger partial charge in [-0.2, -0.15) is 0 Å². The van der Waals surface area contributed by atoms with Gasteiger partial charge in [0, 0.05) is 30.6 Å². The molecular formula is C32H49N7O5. The van der Waals surface area contributed by atoms with Gasteiger partial charge in [0.1, 0.15) is 23.8 Å². The van der Waals surface area contributed by atoms with Gasteiger partial charge in [-0.15, -0.1) is 0 Å². The average Bonchev–Trinajstić information content (AvgIpc) is 3.56. The smallest absolute Gasteiger partial charge is 0.272 e. The third-order valence-corrected chi connectivity index (χ3v) is 8.40. The lowest BCUT2D eigenvalue weighted by atomic mass is 9.85. The maximum atomic E-state index is 14.3. The Morgan fingerprint density at radius 1 is 1.02 bits per heavy atom. The van der Waals surface area contributed by atoms with Crippen molar-refractivity contribution in [1.82, 2.24) is 36.1 Å². The Morgan fingerprint density at radius 2 is 1.73 bits per heavy atom. The molecule has 3 rings (SSSR count). The van der Waals surface area contributed by atoms with Crippen molar-refractivity contribution in [1.29, 1.82) is 0 Å². The van der Waals surface area contributed by atoms with Crippen molar-refractivity contribution in [3.8, 4) is 0 Å². The molecule has 242 valence electrons. The van der Waals surface area contributed by atoms with Gasteiger partial charge in [-0.25, -0.2) is 4.98 Å². The molecule has 1 saturated carbocycles. The van der Waals surface area contributed by atoms with Crippen LogP contribution in [0.2, 0.25) is 0 Å². The Morgan fingerprint density at radius 3 is 2.32 bits per heavy atom. The lowest BCUT2D eigenvalue weighted by Crippen LogP contribution is -2.61. The predicted molar refractivity (Wildman–Crippen MR) is 166 cm³/mol. The van der Waals surface area contributed by atoms with E-state index in [9.17, 15) is 24.0 Å². The minimum absolute atomic E-state index is 0.0134. The molecule has 5 amide bonds. The standard InChI is InChI=1S/C32H49N7O5/c1-9-11-23(19(4)27(40)35-18(2)3)37-30(43)25-22-13-10-12-21(22)17-39(25)31(44)26(32(6,7)8)38-28(41)20(5)36-29(42)24-16-33-14-15-34-24/h14-16,18,20-23,25-26H,4,9-13,17H2,1-3,5-8H3,(H,35,40)(H,36,42)(H,37,43)(H,38,41). The van der Waals surface area contributed by atoms with Crippen molar-refractivity contribution >= 4 is 29.5 Å². The first kappa shape index (κ1) is 34.7. The van der Waals surface area contributed by atoms with E-state index in [0.717, 1.165) is 25.7 Å². The summed E-state index contributed by atoms with van der Waals surface area (Å²) in [5.41, 5.74) is -0.349. The quantitative estimate of drug-likeness (QED) is 0.263. The molecular weight excluding hydrogens is 562 g/mol. The van der Waals surface area contributed by atoms with Gasteiger partial charge >= 0.3 is 0 Å². The van der Waals surface area contributed by atoms with E-state index in [1.54, 1.807) is 4.90 Å². The van der Waals surface area contributed by atoms with Crippen LogP contribution in [-0.4, -0.2) is 81.2 Å². The summed E-state index contributed by atoms with van der Waals surface area (Å²) in [4.78, 5) is 76.2. The zero-order valence-corrected chi connectivity index (χ0v) is 27.1. The van der Waals surface area contributed by atoms with Crippen molar-refractivity contribution in [2.75, 3.05) is 6.54 Å². The Hall–Kier alpha value is -3.83. The summed E-state index contributed by atoms with van der Waals surface area (Å²) in [7, 11) is 0. The van der Waals surface area contributed by atoms with E-state index >= 15 is 0 Å². The first-order valence-corrected chi connectivity index (χ1v) is 15.6. The molecule has 0 radical (unpaired) electrons. The summed E-state index contributed by atoms with van der Waals surface area (Å²) in [5.74, 6) is -1.91.